The van der Waals surface area contributed by atoms with Gasteiger partial charge in [-0.1, -0.05) is 0 Å². The molecule has 74 valence electrons. The van der Waals surface area contributed by atoms with Gasteiger partial charge in [0.1, 0.15) is 0 Å². The van der Waals surface area contributed by atoms with Gasteiger partial charge < -0.3 is 14.4 Å². The second-order valence-corrected chi connectivity index (χ2v) is 1.46. The average Bonchev–Trinajstić information content (AvgIpc) is 2.02. The van der Waals surface area contributed by atoms with Gasteiger partial charge in [0, 0.05) is 0 Å². The summed E-state index contributed by atoms with van der Waals surface area (Å²) in [6.45, 7) is 0. The van der Waals surface area contributed by atoms with Crippen molar-refractivity contribution in [1.29, 1.82) is 0 Å². The zero-order valence-corrected chi connectivity index (χ0v) is 6.71. The molecule has 0 bridgehead atoms. The number of hydrogen-bond donors (Lipinski definition) is 1. The number of alkyl halides is 3. The molecule has 0 saturated heterocycles. The molecule has 0 atom stereocenters. The molecule has 5 nitrogen and oxygen atoms in total. The minimum atomic E-state index is -5.08. The van der Waals surface area contributed by atoms with E-state index in [0.717, 1.165) is 0 Å². The highest BCUT2D eigenvalue weighted by Gasteiger charge is 2.38. The number of carbonyl (C=O) groups is 2. The summed E-state index contributed by atoms with van der Waals surface area (Å²) in [5, 5.41) is 7.12. The number of carbonyl (C=O) groups excluding carboxylic acids is 1. The van der Waals surface area contributed by atoms with Gasteiger partial charge in [-0.15, -0.1) is 0 Å². The summed E-state index contributed by atoms with van der Waals surface area (Å²) < 4.78 is 39.8. The summed E-state index contributed by atoms with van der Waals surface area (Å²) >= 11 is 0. The van der Waals surface area contributed by atoms with E-state index >= 15 is 0 Å². The first-order chi connectivity index (χ1) is 5.75. The lowest BCUT2D eigenvalue weighted by molar-refractivity contribution is -0.192. The molecule has 0 aromatic heterocycles. The predicted octanol–water partition coefficient (Wildman–Crippen LogP) is -1.13. The van der Waals surface area contributed by atoms with E-state index in [1.54, 1.807) is 0 Å². The first-order valence-corrected chi connectivity index (χ1v) is 2.67. The summed E-state index contributed by atoms with van der Waals surface area (Å²) in [6.07, 6.45) is -5.74. The van der Waals surface area contributed by atoms with E-state index in [2.05, 4.69) is 9.31 Å². The van der Waals surface area contributed by atoms with Crippen LogP contribution in [0.2, 0.25) is 0 Å². The molecule has 0 radical (unpaired) electrons. The van der Waals surface area contributed by atoms with E-state index in [1.807, 2.05) is 0 Å². The fourth-order valence-corrected chi connectivity index (χ4v) is 0.0833. The Labute approximate surface area is 72.7 Å². The number of carboxylic acids is 1. The van der Waals surface area contributed by atoms with Crippen LogP contribution >= 0.6 is 0 Å². The van der Waals surface area contributed by atoms with Crippen molar-refractivity contribution in [3.63, 3.8) is 0 Å². The first kappa shape index (κ1) is 14.2. The van der Waals surface area contributed by atoms with Crippen molar-refractivity contribution < 1.29 is 37.2 Å². The Bertz CT molecular complexity index is 174. The van der Waals surface area contributed by atoms with Crippen molar-refractivity contribution in [2.45, 2.75) is 6.18 Å². The molecule has 0 amide bonds. The van der Waals surface area contributed by atoms with E-state index in [1.165, 1.54) is 16.1 Å². The fraction of sp³-hybridized carbons (Fsp3) is 0.333. The maximum Gasteiger partial charge on any atom is 0.490 e. The molecule has 1 N–H and O–H groups in total. The minimum Gasteiger partial charge on any atom is -0.514 e. The Morgan fingerprint density at radius 2 is 1.38 bits per heavy atom. The van der Waals surface area contributed by atoms with Crippen LogP contribution < -0.4 is 0 Å². The van der Waals surface area contributed by atoms with Gasteiger partial charge in [0.15, 0.2) is 0 Å². The molecule has 0 saturated carbocycles. The second-order valence-electron chi connectivity index (χ2n) is 1.46. The molecular weight excluding hydrogens is 195 g/mol. The van der Waals surface area contributed by atoms with Gasteiger partial charge in [-0.05, 0) is 0 Å². The van der Waals surface area contributed by atoms with E-state index in [4.69, 9.17) is 9.90 Å². The third-order valence-electron chi connectivity index (χ3n) is 0.576. The number of hydrogen-bond acceptors (Lipinski definition) is 4. The number of halogens is 3. The molecule has 0 aliphatic carbocycles. The summed E-state index contributed by atoms with van der Waals surface area (Å²) in [5.74, 6) is -2.76. The molecule has 10 heteroatoms. The number of carboxylic acid groups (broad SMARTS) is 1. The quantitative estimate of drug-likeness (QED) is 0.500. The van der Waals surface area contributed by atoms with Gasteiger partial charge in [-0.25, -0.2) is 9.59 Å². The lowest BCUT2D eigenvalue weighted by Gasteiger charge is -1.93. The lowest BCUT2D eigenvalue weighted by atomic mass is 10.6. The average molecular weight is 200 g/mol. The first-order valence-electron chi connectivity index (χ1n) is 2.67. The van der Waals surface area contributed by atoms with Crippen LogP contribution in [0.25, 0.3) is 0 Å². The van der Waals surface area contributed by atoms with Gasteiger partial charge in [-0.2, -0.15) is 13.2 Å². The fourth-order valence-electron chi connectivity index (χ4n) is 0.0833. The third kappa shape index (κ3) is 10.7. The summed E-state index contributed by atoms with van der Waals surface area (Å²) in [7, 11) is 2.51. The van der Waals surface area contributed by atoms with Crippen LogP contribution in [-0.4, -0.2) is 39.5 Å². The molecule has 0 unspecified atom stereocenters. The molecule has 0 heterocycles. The van der Waals surface area contributed by atoms with Gasteiger partial charge in [0.05, 0.1) is 0 Å². The van der Waals surface area contributed by atoms with Crippen molar-refractivity contribution in [1.82, 2.24) is 0 Å². The zero-order valence-electron chi connectivity index (χ0n) is 6.71. The molecule has 0 spiro atoms. The Kier molecular flexibility index (Phi) is 6.78. The van der Waals surface area contributed by atoms with Gasteiger partial charge in [0.2, 0.25) is 0 Å². The van der Waals surface area contributed by atoms with Crippen LogP contribution in [0.5, 0.6) is 0 Å². The molecule has 0 rings (SSSR count). The summed E-state index contributed by atoms with van der Waals surface area (Å²) in [4.78, 5) is 18.6. The largest absolute Gasteiger partial charge is 0.514 e. The predicted molar refractivity (Wildman–Crippen MR) is 38.3 cm³/mol. The lowest BCUT2D eigenvalue weighted by Crippen LogP contribution is -2.21. The Morgan fingerprint density at radius 3 is 1.38 bits per heavy atom. The SMILES string of the molecule is BOC(=O)OB.O=C(O)C(F)(F)F. The van der Waals surface area contributed by atoms with Gasteiger partial charge in [0.25, 0.3) is 0 Å². The molecule has 0 aliphatic heterocycles. The maximum atomic E-state index is 10.6. The molecule has 0 aliphatic rings. The van der Waals surface area contributed by atoms with Crippen LogP contribution in [0.15, 0.2) is 0 Å². The van der Waals surface area contributed by atoms with Crippen LogP contribution in [0.4, 0.5) is 18.0 Å². The van der Waals surface area contributed by atoms with Crippen LogP contribution in [0, 0.1) is 0 Å². The standard InChI is InChI=1S/C2HF3O2.CH4B2O3/c3-2(4,5)1(6)7;2-5-1(4)6-3/h(H,6,7);2-3H2. The van der Waals surface area contributed by atoms with Gasteiger partial charge >= 0.3 is 34.4 Å². The van der Waals surface area contributed by atoms with Crippen molar-refractivity contribution >= 4 is 28.2 Å². The molecule has 13 heavy (non-hydrogen) atoms. The smallest absolute Gasteiger partial charge is 0.490 e. The highest BCUT2D eigenvalue weighted by atomic mass is 19.4. The molecule has 0 aromatic rings. The summed E-state index contributed by atoms with van der Waals surface area (Å²) in [6, 6.07) is 0. The highest BCUT2D eigenvalue weighted by molar-refractivity contribution is 6.09. The van der Waals surface area contributed by atoms with E-state index in [-0.39, 0.29) is 0 Å². The van der Waals surface area contributed by atoms with Crippen LogP contribution in [-0.2, 0) is 14.1 Å². The highest BCUT2D eigenvalue weighted by Crippen LogP contribution is 2.13. The van der Waals surface area contributed by atoms with Crippen LogP contribution in [0.3, 0.4) is 0 Å². The topological polar surface area (TPSA) is 72.8 Å². The Balaban J connectivity index is 0. The molecule has 0 aromatic carbocycles. The molecule has 0 fully saturated rings. The van der Waals surface area contributed by atoms with E-state index in [0.29, 0.717) is 0 Å². The Hall–Kier alpha value is -1.34. The minimum absolute atomic E-state index is 0.657. The third-order valence-corrected chi connectivity index (χ3v) is 0.576. The zero-order chi connectivity index (χ0) is 11.1. The monoisotopic (exact) mass is 200 g/mol. The Morgan fingerprint density at radius 1 is 1.15 bits per heavy atom. The van der Waals surface area contributed by atoms with E-state index < -0.39 is 18.3 Å². The summed E-state index contributed by atoms with van der Waals surface area (Å²) in [5.41, 5.74) is 0. The van der Waals surface area contributed by atoms with Gasteiger partial charge in [-0.3, -0.25) is 0 Å². The van der Waals surface area contributed by atoms with Crippen molar-refractivity contribution in [3.8, 4) is 0 Å². The van der Waals surface area contributed by atoms with Crippen molar-refractivity contribution in [2.75, 3.05) is 0 Å². The second kappa shape index (κ2) is 6.21. The van der Waals surface area contributed by atoms with Crippen LogP contribution in [0.1, 0.15) is 0 Å². The maximum absolute atomic E-state index is 10.6. The normalized spacial score (nSPS) is 9.15. The van der Waals surface area contributed by atoms with Crippen molar-refractivity contribution in [3.05, 3.63) is 0 Å². The molecular formula is C3H5B2F3O5. The van der Waals surface area contributed by atoms with Crippen molar-refractivity contribution in [2.24, 2.45) is 0 Å². The number of aliphatic carboxylic acids is 1. The number of rotatable bonds is 0. The van der Waals surface area contributed by atoms with E-state index in [9.17, 15) is 18.0 Å².